The molecule has 0 aliphatic heterocycles. The van der Waals surface area contributed by atoms with Crippen molar-refractivity contribution in [1.82, 2.24) is 4.98 Å². The van der Waals surface area contributed by atoms with E-state index in [1.807, 2.05) is 19.2 Å². The normalized spacial score (nSPS) is 11.3. The monoisotopic (exact) mass is 324 g/mol. The fourth-order valence-electron chi connectivity index (χ4n) is 1.43. The van der Waals surface area contributed by atoms with Crippen LogP contribution in [0.4, 0.5) is 4.39 Å². The van der Waals surface area contributed by atoms with Crippen molar-refractivity contribution >= 4 is 27.3 Å². The topological polar surface area (TPSA) is 36.7 Å². The molecule has 0 atom stereocenters. The lowest BCUT2D eigenvalue weighted by Gasteiger charge is -2.10. The molecule has 92 valence electrons. The van der Waals surface area contributed by atoms with Gasteiger partial charge in [0, 0.05) is 15.4 Å². The summed E-state index contributed by atoms with van der Waals surface area (Å²) in [6, 6.07) is 6.70. The highest BCUT2D eigenvalue weighted by molar-refractivity contribution is 9.10. The largest absolute Gasteiger partial charge is 0.239 e. The van der Waals surface area contributed by atoms with Gasteiger partial charge in [-0.1, -0.05) is 0 Å². The lowest BCUT2D eigenvalue weighted by molar-refractivity contribution is 0.627. The van der Waals surface area contributed by atoms with Crippen molar-refractivity contribution in [3.63, 3.8) is 0 Å². The van der Waals surface area contributed by atoms with Crippen molar-refractivity contribution in [2.75, 3.05) is 0 Å². The Balaban J connectivity index is 2.45. The number of halogens is 2. The zero-order chi connectivity index (χ0) is 13.3. The molecule has 5 heteroatoms. The summed E-state index contributed by atoms with van der Waals surface area (Å²) in [7, 11) is 0. The first-order valence-corrected chi connectivity index (χ1v) is 6.94. The molecule has 18 heavy (non-hydrogen) atoms. The van der Waals surface area contributed by atoms with Crippen LogP contribution in [0.3, 0.4) is 0 Å². The molecule has 0 saturated carbocycles. The molecule has 1 aromatic heterocycles. The first-order chi connectivity index (χ1) is 8.44. The lowest BCUT2D eigenvalue weighted by Crippen LogP contribution is -2.13. The fraction of sp³-hybridized carbons (Fsp3) is 0.231. The average molecular weight is 325 g/mol. The molecular formula is C13H10BrFN2S. The predicted octanol–water partition coefficient (Wildman–Crippen LogP) is 4.51. The molecule has 2 nitrogen and oxygen atoms in total. The van der Waals surface area contributed by atoms with E-state index in [4.69, 9.17) is 5.26 Å². The van der Waals surface area contributed by atoms with E-state index in [0.29, 0.717) is 4.47 Å². The number of nitriles is 1. The molecule has 1 aromatic carbocycles. The van der Waals surface area contributed by atoms with Crippen molar-refractivity contribution in [3.05, 3.63) is 38.9 Å². The van der Waals surface area contributed by atoms with Gasteiger partial charge in [-0.25, -0.2) is 9.37 Å². The molecular weight excluding hydrogens is 315 g/mol. The van der Waals surface area contributed by atoms with Crippen LogP contribution in [0.2, 0.25) is 0 Å². The van der Waals surface area contributed by atoms with Crippen molar-refractivity contribution < 1.29 is 4.39 Å². The third-order valence-electron chi connectivity index (χ3n) is 2.53. The number of hydrogen-bond donors (Lipinski definition) is 0. The predicted molar refractivity (Wildman–Crippen MR) is 73.8 cm³/mol. The van der Waals surface area contributed by atoms with Gasteiger partial charge >= 0.3 is 0 Å². The Morgan fingerprint density at radius 1 is 1.44 bits per heavy atom. The van der Waals surface area contributed by atoms with E-state index in [1.165, 1.54) is 23.5 Å². The highest BCUT2D eigenvalue weighted by Crippen LogP contribution is 2.33. The third kappa shape index (κ3) is 2.45. The molecule has 2 rings (SSSR count). The summed E-state index contributed by atoms with van der Waals surface area (Å²) in [4.78, 5) is 4.46. The van der Waals surface area contributed by atoms with Crippen LogP contribution in [0, 0.1) is 17.1 Å². The Kier molecular flexibility index (Phi) is 3.51. The molecule has 2 aromatic rings. The van der Waals surface area contributed by atoms with E-state index < -0.39 is 5.41 Å². The van der Waals surface area contributed by atoms with Crippen molar-refractivity contribution in [2.24, 2.45) is 0 Å². The molecule has 0 N–H and O–H groups in total. The van der Waals surface area contributed by atoms with E-state index in [2.05, 4.69) is 27.0 Å². The highest BCUT2D eigenvalue weighted by Gasteiger charge is 2.24. The van der Waals surface area contributed by atoms with Gasteiger partial charge in [-0.2, -0.15) is 5.26 Å². The molecule has 0 unspecified atom stereocenters. The highest BCUT2D eigenvalue weighted by atomic mass is 79.9. The summed E-state index contributed by atoms with van der Waals surface area (Å²) >= 11 is 4.76. The maximum Gasteiger partial charge on any atom is 0.124 e. The Labute approximate surface area is 117 Å². The SMILES string of the molecule is CC(C)(C#N)c1nc(-c2ccc(F)cc2Br)cs1. The van der Waals surface area contributed by atoms with Crippen LogP contribution >= 0.6 is 27.3 Å². The van der Waals surface area contributed by atoms with Crippen LogP contribution in [-0.2, 0) is 5.41 Å². The van der Waals surface area contributed by atoms with Crippen LogP contribution in [0.15, 0.2) is 28.1 Å². The van der Waals surface area contributed by atoms with Gasteiger partial charge in [0.15, 0.2) is 0 Å². The summed E-state index contributed by atoms with van der Waals surface area (Å²) in [5.41, 5.74) is 0.980. The minimum Gasteiger partial charge on any atom is -0.239 e. The van der Waals surface area contributed by atoms with E-state index in [1.54, 1.807) is 6.07 Å². The maximum atomic E-state index is 13.0. The smallest absolute Gasteiger partial charge is 0.124 e. The average Bonchev–Trinajstić information content (AvgIpc) is 2.79. The summed E-state index contributed by atoms with van der Waals surface area (Å²) in [5.74, 6) is -0.293. The maximum absolute atomic E-state index is 13.0. The standard InChI is InChI=1S/C13H10BrFN2S/c1-13(2,7-16)12-17-11(6-18-12)9-4-3-8(15)5-10(9)14/h3-6H,1-2H3. The number of hydrogen-bond acceptors (Lipinski definition) is 3. The molecule has 1 heterocycles. The molecule has 0 bridgehead atoms. The Hall–Kier alpha value is -1.25. The summed E-state index contributed by atoms with van der Waals surface area (Å²) in [5, 5.41) is 11.7. The summed E-state index contributed by atoms with van der Waals surface area (Å²) in [6.45, 7) is 3.66. The van der Waals surface area contributed by atoms with Gasteiger partial charge in [0.2, 0.25) is 0 Å². The van der Waals surface area contributed by atoms with E-state index in [0.717, 1.165) is 16.3 Å². The Morgan fingerprint density at radius 2 is 2.17 bits per heavy atom. The molecule has 0 spiro atoms. The van der Waals surface area contributed by atoms with Crippen molar-refractivity contribution in [1.29, 1.82) is 5.26 Å². The molecule has 0 fully saturated rings. The minimum absolute atomic E-state index is 0.293. The van der Waals surface area contributed by atoms with Crippen molar-refractivity contribution in [2.45, 2.75) is 19.3 Å². The van der Waals surface area contributed by atoms with E-state index in [-0.39, 0.29) is 5.82 Å². The van der Waals surface area contributed by atoms with Gasteiger partial charge in [-0.15, -0.1) is 11.3 Å². The van der Waals surface area contributed by atoms with Crippen LogP contribution in [0.25, 0.3) is 11.3 Å². The number of rotatable bonds is 2. The van der Waals surface area contributed by atoms with Gasteiger partial charge in [-0.05, 0) is 48.0 Å². The van der Waals surface area contributed by atoms with Gasteiger partial charge < -0.3 is 0 Å². The summed E-state index contributed by atoms with van der Waals surface area (Å²) in [6.07, 6.45) is 0. The number of nitrogens with zero attached hydrogens (tertiary/aromatic N) is 2. The van der Waals surface area contributed by atoms with Crippen molar-refractivity contribution in [3.8, 4) is 17.3 Å². The number of aromatic nitrogens is 1. The van der Waals surface area contributed by atoms with Crippen LogP contribution in [0.1, 0.15) is 18.9 Å². The van der Waals surface area contributed by atoms with E-state index in [9.17, 15) is 4.39 Å². The van der Waals surface area contributed by atoms with Gasteiger partial charge in [-0.3, -0.25) is 0 Å². The summed E-state index contributed by atoms with van der Waals surface area (Å²) < 4.78 is 13.7. The first kappa shape index (κ1) is 13.2. The van der Waals surface area contributed by atoms with Crippen LogP contribution in [-0.4, -0.2) is 4.98 Å². The number of benzene rings is 1. The second-order valence-electron chi connectivity index (χ2n) is 4.40. The zero-order valence-corrected chi connectivity index (χ0v) is 12.3. The van der Waals surface area contributed by atoms with Gasteiger partial charge in [0.25, 0.3) is 0 Å². The molecule has 0 aliphatic rings. The lowest BCUT2D eigenvalue weighted by atomic mass is 9.97. The second kappa shape index (κ2) is 4.79. The fourth-order valence-corrected chi connectivity index (χ4v) is 2.88. The van der Waals surface area contributed by atoms with Gasteiger partial charge in [0.05, 0.1) is 11.8 Å². The minimum atomic E-state index is -0.602. The second-order valence-corrected chi connectivity index (χ2v) is 6.11. The Bertz CT molecular complexity index is 628. The molecule has 0 radical (unpaired) electrons. The van der Waals surface area contributed by atoms with Crippen LogP contribution < -0.4 is 0 Å². The van der Waals surface area contributed by atoms with Crippen LogP contribution in [0.5, 0.6) is 0 Å². The molecule has 0 saturated heterocycles. The Morgan fingerprint density at radius 3 is 2.78 bits per heavy atom. The number of thiazole rings is 1. The van der Waals surface area contributed by atoms with Gasteiger partial charge in [0.1, 0.15) is 16.2 Å². The first-order valence-electron chi connectivity index (χ1n) is 5.27. The molecule has 0 amide bonds. The zero-order valence-electron chi connectivity index (χ0n) is 9.87. The molecule has 0 aliphatic carbocycles. The quantitative estimate of drug-likeness (QED) is 0.814. The third-order valence-corrected chi connectivity index (χ3v) is 4.35. The van der Waals surface area contributed by atoms with E-state index >= 15 is 0 Å².